The summed E-state index contributed by atoms with van der Waals surface area (Å²) < 4.78 is 11.4. The van der Waals surface area contributed by atoms with Gasteiger partial charge in [-0.3, -0.25) is 4.79 Å². The Morgan fingerprint density at radius 1 is 1.26 bits per heavy atom. The van der Waals surface area contributed by atoms with Crippen molar-refractivity contribution in [3.63, 3.8) is 0 Å². The summed E-state index contributed by atoms with van der Waals surface area (Å²) in [6.07, 6.45) is 0.976. The first-order chi connectivity index (χ1) is 13.1. The highest BCUT2D eigenvalue weighted by Crippen LogP contribution is 2.42. The molecule has 0 fully saturated rings. The molecule has 1 aromatic heterocycles. The van der Waals surface area contributed by atoms with Crippen LogP contribution in [-0.4, -0.2) is 23.0 Å². The highest BCUT2D eigenvalue weighted by molar-refractivity contribution is 9.10. The molecule has 0 spiro atoms. The molecule has 0 bridgehead atoms. The molecule has 0 saturated heterocycles. The molecule has 2 N–H and O–H groups in total. The molecule has 1 aliphatic rings. The van der Waals surface area contributed by atoms with Crippen LogP contribution in [0.2, 0.25) is 0 Å². The lowest BCUT2D eigenvalue weighted by atomic mass is 10.0. The van der Waals surface area contributed by atoms with Gasteiger partial charge in [0, 0.05) is 15.7 Å². The van der Waals surface area contributed by atoms with Crippen molar-refractivity contribution >= 4 is 27.5 Å². The quantitative estimate of drug-likeness (QED) is 0.638. The number of fused-ring (bicyclic) bond motifs is 1. The minimum atomic E-state index is -0.594. The number of halogens is 1. The number of benzene rings is 2. The Morgan fingerprint density at radius 2 is 2.07 bits per heavy atom. The van der Waals surface area contributed by atoms with Gasteiger partial charge in [0.1, 0.15) is 11.9 Å². The molecule has 27 heavy (non-hydrogen) atoms. The third kappa shape index (κ3) is 3.14. The predicted molar refractivity (Wildman–Crippen MR) is 104 cm³/mol. The maximum Gasteiger partial charge on any atom is 0.258 e. The number of phenolic OH excluding ortho intramolecular Hbond substituents is 1. The van der Waals surface area contributed by atoms with E-state index in [0.29, 0.717) is 28.3 Å². The second kappa shape index (κ2) is 7.00. The van der Waals surface area contributed by atoms with Crippen LogP contribution in [0.4, 0.5) is 5.69 Å². The third-order valence-electron chi connectivity index (χ3n) is 4.51. The lowest BCUT2D eigenvalue weighted by Gasteiger charge is -2.38. The summed E-state index contributed by atoms with van der Waals surface area (Å²) in [5, 5.41) is 14.0. The lowest BCUT2D eigenvalue weighted by molar-refractivity contribution is 0.0649. The minimum Gasteiger partial charge on any atom is -0.504 e. The minimum absolute atomic E-state index is 0.0187. The van der Waals surface area contributed by atoms with Crippen LogP contribution in [0.15, 0.2) is 63.7 Å². The van der Waals surface area contributed by atoms with Crippen LogP contribution in [-0.2, 0) is 6.54 Å². The average molecular weight is 429 g/mol. The van der Waals surface area contributed by atoms with Crippen LogP contribution in [0, 0.1) is 0 Å². The van der Waals surface area contributed by atoms with Crippen molar-refractivity contribution in [3.05, 3.63) is 76.2 Å². The number of anilines is 1. The number of ether oxygens (including phenoxy) is 1. The number of methoxy groups -OCH3 is 1. The molecule has 1 atom stereocenters. The maximum atomic E-state index is 13.2. The van der Waals surface area contributed by atoms with Crippen molar-refractivity contribution in [2.45, 2.75) is 12.7 Å². The van der Waals surface area contributed by atoms with E-state index < -0.39 is 6.17 Å². The fourth-order valence-corrected chi connectivity index (χ4v) is 3.68. The van der Waals surface area contributed by atoms with E-state index in [1.54, 1.807) is 35.4 Å². The molecule has 1 amide bonds. The van der Waals surface area contributed by atoms with E-state index in [-0.39, 0.29) is 18.2 Å². The number of hydrogen-bond donors (Lipinski definition) is 2. The third-order valence-corrected chi connectivity index (χ3v) is 4.97. The molecule has 1 unspecified atom stereocenters. The van der Waals surface area contributed by atoms with Crippen LogP contribution in [0.1, 0.15) is 27.8 Å². The van der Waals surface area contributed by atoms with Gasteiger partial charge in [-0.15, -0.1) is 0 Å². The number of carbonyl (C=O) groups excluding carboxylic acids is 1. The Kier molecular flexibility index (Phi) is 4.53. The summed E-state index contributed by atoms with van der Waals surface area (Å²) in [5.41, 5.74) is 1.80. The molecule has 2 aromatic carbocycles. The Morgan fingerprint density at radius 3 is 2.81 bits per heavy atom. The van der Waals surface area contributed by atoms with Gasteiger partial charge in [-0.05, 0) is 36.4 Å². The Balaban J connectivity index is 1.84. The van der Waals surface area contributed by atoms with Gasteiger partial charge in [0.25, 0.3) is 5.91 Å². The average Bonchev–Trinajstić information content (AvgIpc) is 3.19. The van der Waals surface area contributed by atoms with Crippen molar-refractivity contribution in [3.8, 4) is 11.5 Å². The summed E-state index contributed by atoms with van der Waals surface area (Å²) in [7, 11) is 1.49. The van der Waals surface area contributed by atoms with Crippen molar-refractivity contribution in [1.29, 1.82) is 0 Å². The number of nitrogens with one attached hydrogen (secondary N) is 1. The van der Waals surface area contributed by atoms with E-state index in [0.717, 1.165) is 4.47 Å². The molecule has 0 aliphatic carbocycles. The molecule has 3 aromatic rings. The van der Waals surface area contributed by atoms with Crippen molar-refractivity contribution in [2.24, 2.45) is 0 Å². The number of aromatic hydroxyl groups is 1. The lowest BCUT2D eigenvalue weighted by Crippen LogP contribution is -2.42. The fourth-order valence-electron chi connectivity index (χ4n) is 3.23. The smallest absolute Gasteiger partial charge is 0.258 e. The molecule has 0 radical (unpaired) electrons. The second-order valence-corrected chi connectivity index (χ2v) is 7.07. The maximum absolute atomic E-state index is 13.2. The van der Waals surface area contributed by atoms with Crippen LogP contribution >= 0.6 is 15.9 Å². The number of amides is 1. The summed E-state index contributed by atoms with van der Waals surface area (Å²) in [4.78, 5) is 14.8. The summed E-state index contributed by atoms with van der Waals surface area (Å²) >= 11 is 3.44. The van der Waals surface area contributed by atoms with E-state index in [1.165, 1.54) is 7.11 Å². The molecular weight excluding hydrogens is 412 g/mol. The number of rotatable bonds is 4. The second-order valence-electron chi connectivity index (χ2n) is 6.15. The van der Waals surface area contributed by atoms with Crippen LogP contribution in [0.3, 0.4) is 0 Å². The van der Waals surface area contributed by atoms with E-state index in [4.69, 9.17) is 9.15 Å². The van der Waals surface area contributed by atoms with Gasteiger partial charge in [0.05, 0.1) is 25.5 Å². The van der Waals surface area contributed by atoms with Crippen molar-refractivity contribution < 1.29 is 19.1 Å². The number of nitrogens with zero attached hydrogens (tertiary/aromatic N) is 1. The zero-order valence-electron chi connectivity index (χ0n) is 14.5. The highest BCUT2D eigenvalue weighted by atomic mass is 79.9. The largest absolute Gasteiger partial charge is 0.504 e. The standard InChI is InChI=1S/C20H17BrN2O4/c1-26-17-10-12(21)9-15(18(17)24)19-22-16-7-3-2-6-14(16)20(25)23(19)11-13-5-4-8-27-13/h2-10,19,22,24H,11H2,1H3. The van der Waals surface area contributed by atoms with Crippen molar-refractivity contribution in [1.82, 2.24) is 4.90 Å². The molecule has 2 heterocycles. The topological polar surface area (TPSA) is 74.9 Å². The monoisotopic (exact) mass is 428 g/mol. The van der Waals surface area contributed by atoms with Crippen LogP contribution in [0.25, 0.3) is 0 Å². The fraction of sp³-hybridized carbons (Fsp3) is 0.150. The van der Waals surface area contributed by atoms with Gasteiger partial charge in [-0.25, -0.2) is 0 Å². The Hall–Kier alpha value is -2.93. The number of carbonyl (C=O) groups is 1. The van der Waals surface area contributed by atoms with Crippen molar-refractivity contribution in [2.75, 3.05) is 12.4 Å². The molecule has 138 valence electrons. The molecule has 1 aliphatic heterocycles. The SMILES string of the molecule is COc1cc(Br)cc(C2Nc3ccccc3C(=O)N2Cc2ccco2)c1O. The number of hydrogen-bond acceptors (Lipinski definition) is 5. The Bertz CT molecular complexity index is 988. The van der Waals surface area contributed by atoms with Gasteiger partial charge >= 0.3 is 0 Å². The number of furan rings is 1. The highest BCUT2D eigenvalue weighted by Gasteiger charge is 2.35. The zero-order valence-corrected chi connectivity index (χ0v) is 16.1. The van der Waals surface area contributed by atoms with Gasteiger partial charge in [0.15, 0.2) is 11.5 Å². The molecule has 4 rings (SSSR count). The van der Waals surface area contributed by atoms with Gasteiger partial charge < -0.3 is 24.5 Å². The summed E-state index contributed by atoms with van der Waals surface area (Å²) in [5.74, 6) is 0.806. The zero-order chi connectivity index (χ0) is 19.0. The van der Waals surface area contributed by atoms with E-state index >= 15 is 0 Å². The van der Waals surface area contributed by atoms with E-state index in [2.05, 4.69) is 21.2 Å². The summed E-state index contributed by atoms with van der Waals surface area (Å²) in [6, 6.07) is 14.3. The van der Waals surface area contributed by atoms with Gasteiger partial charge in [-0.2, -0.15) is 0 Å². The van der Waals surface area contributed by atoms with Crippen LogP contribution < -0.4 is 10.1 Å². The van der Waals surface area contributed by atoms with E-state index in [9.17, 15) is 9.90 Å². The first-order valence-electron chi connectivity index (χ1n) is 8.34. The normalized spacial score (nSPS) is 16.0. The Labute approximate surface area is 164 Å². The first-order valence-corrected chi connectivity index (χ1v) is 9.13. The molecule has 7 heteroatoms. The number of phenols is 1. The number of para-hydroxylation sites is 1. The van der Waals surface area contributed by atoms with E-state index in [1.807, 2.05) is 24.3 Å². The van der Waals surface area contributed by atoms with Crippen LogP contribution in [0.5, 0.6) is 11.5 Å². The first kappa shape index (κ1) is 17.5. The van der Waals surface area contributed by atoms with Gasteiger partial charge in [0.2, 0.25) is 0 Å². The molecule has 0 saturated carbocycles. The predicted octanol–water partition coefficient (Wildman–Crippen LogP) is 4.52. The molecular formula is C20H17BrN2O4. The van der Waals surface area contributed by atoms with Gasteiger partial charge in [-0.1, -0.05) is 28.1 Å². The molecule has 6 nitrogen and oxygen atoms in total. The summed E-state index contributed by atoms with van der Waals surface area (Å²) in [6.45, 7) is 0.256.